The zero-order chi connectivity index (χ0) is 25.5. The number of rotatable bonds is 2. The maximum atomic E-state index is 11.5. The second kappa shape index (κ2) is 6.84. The lowest BCUT2D eigenvalue weighted by Gasteiger charge is -2.59. The zero-order valence-electron chi connectivity index (χ0n) is 21.9. The zero-order valence-corrected chi connectivity index (χ0v) is 21.9. The summed E-state index contributed by atoms with van der Waals surface area (Å²) in [4.78, 5) is 6.33. The van der Waals surface area contributed by atoms with Crippen molar-refractivity contribution in [1.29, 1.82) is 0 Å². The van der Waals surface area contributed by atoms with E-state index < -0.39 is 12.2 Å². The van der Waals surface area contributed by atoms with E-state index in [-0.39, 0.29) is 28.1 Å². The van der Waals surface area contributed by atoms with Crippen LogP contribution in [0.2, 0.25) is 0 Å². The molecule has 9 atom stereocenters. The molecule has 2 saturated carbocycles. The number of nitrogens with zero attached hydrogens (tertiary/aromatic N) is 2. The molecule has 8 rings (SSSR count). The van der Waals surface area contributed by atoms with Gasteiger partial charge >= 0.3 is 0 Å². The highest BCUT2D eigenvalue weighted by Gasteiger charge is 2.84. The van der Waals surface area contributed by atoms with Crippen LogP contribution in [0.4, 0.5) is 5.82 Å². The molecule has 1 aromatic carbocycles. The number of benzene rings is 1. The molecule has 4 aliphatic carbocycles. The Hall–Kier alpha value is -2.25. The standard InChI is InChI=1S/C31H37N3O3/c1-28-10-8-21-22-15-30(22)26(36)25(35)23(34(2)3)16-29(30)11-12-31(21,37-29)24(28)7-6-20(28)18-4-5-19-17(14-18)9-13-33-27(19)32/h4-6,8-9,13-14,22-26,35-36H,7,10-12,15-16H2,1-3H3,(H2,32,33)/t22?,23-,24?,25+,26-,28+,29+,30?,31+/m0/s1. The van der Waals surface area contributed by atoms with Gasteiger partial charge in [-0.1, -0.05) is 31.2 Å². The van der Waals surface area contributed by atoms with Gasteiger partial charge in [0, 0.05) is 34.4 Å². The third kappa shape index (κ3) is 2.45. The van der Waals surface area contributed by atoms with E-state index in [2.05, 4.69) is 47.2 Å². The maximum Gasteiger partial charge on any atom is 0.131 e. The first kappa shape index (κ1) is 22.7. The number of ether oxygens (including phenoxy) is 1. The second-order valence-corrected chi connectivity index (χ2v) is 13.3. The van der Waals surface area contributed by atoms with Crippen LogP contribution < -0.4 is 5.73 Å². The molecule has 2 bridgehead atoms. The highest BCUT2D eigenvalue weighted by atomic mass is 16.5. The van der Waals surface area contributed by atoms with Crippen molar-refractivity contribution in [2.75, 3.05) is 19.8 Å². The largest absolute Gasteiger partial charge is 0.390 e. The normalized spacial score (nSPS) is 47.1. The van der Waals surface area contributed by atoms with Crippen molar-refractivity contribution in [3.63, 3.8) is 0 Å². The number of anilines is 1. The number of aromatic nitrogens is 1. The van der Waals surface area contributed by atoms with Gasteiger partial charge in [0.15, 0.2) is 0 Å². The minimum absolute atomic E-state index is 0.0100. The van der Waals surface area contributed by atoms with Gasteiger partial charge in [-0.05, 0) is 92.8 Å². The number of fused-ring (bicyclic) bond motifs is 3. The van der Waals surface area contributed by atoms with E-state index in [9.17, 15) is 10.2 Å². The summed E-state index contributed by atoms with van der Waals surface area (Å²) in [7, 11) is 4.02. The minimum atomic E-state index is -0.735. The fourth-order valence-corrected chi connectivity index (χ4v) is 10.00. The number of aliphatic hydroxyl groups excluding tert-OH is 2. The highest BCUT2D eigenvalue weighted by molar-refractivity contribution is 5.93. The summed E-state index contributed by atoms with van der Waals surface area (Å²) in [5.74, 6) is 1.29. The van der Waals surface area contributed by atoms with E-state index in [0.29, 0.717) is 17.7 Å². The van der Waals surface area contributed by atoms with Gasteiger partial charge in [0.05, 0.1) is 23.4 Å². The van der Waals surface area contributed by atoms with Crippen LogP contribution in [0.5, 0.6) is 0 Å². The van der Waals surface area contributed by atoms with Crippen LogP contribution in [0.3, 0.4) is 0 Å². The lowest BCUT2D eigenvalue weighted by molar-refractivity contribution is -0.248. The molecule has 2 aromatic rings. The molecular weight excluding hydrogens is 462 g/mol. The van der Waals surface area contributed by atoms with Crippen molar-refractivity contribution in [3.8, 4) is 0 Å². The molecular formula is C31H37N3O3. The monoisotopic (exact) mass is 499 g/mol. The van der Waals surface area contributed by atoms with Crippen LogP contribution in [-0.4, -0.2) is 63.6 Å². The Balaban J connectivity index is 1.21. The van der Waals surface area contributed by atoms with E-state index >= 15 is 0 Å². The van der Waals surface area contributed by atoms with Crippen molar-refractivity contribution in [1.82, 2.24) is 9.88 Å². The van der Waals surface area contributed by atoms with E-state index in [4.69, 9.17) is 10.5 Å². The summed E-state index contributed by atoms with van der Waals surface area (Å²) in [6, 6.07) is 8.55. The fraction of sp³-hybridized carbons (Fsp3) is 0.581. The van der Waals surface area contributed by atoms with Crippen LogP contribution in [-0.2, 0) is 4.74 Å². The number of likely N-dealkylation sites (N-methyl/N-ethyl adjacent to an activating group) is 1. The third-order valence-electron chi connectivity index (χ3n) is 11.8. The van der Waals surface area contributed by atoms with E-state index in [0.717, 1.165) is 49.3 Å². The van der Waals surface area contributed by atoms with Gasteiger partial charge in [0.1, 0.15) is 5.82 Å². The molecule has 0 amide bonds. The average molecular weight is 500 g/mol. The molecule has 3 heterocycles. The Labute approximate surface area is 218 Å². The number of allylic oxidation sites excluding steroid dienone is 3. The molecule has 1 aromatic heterocycles. The van der Waals surface area contributed by atoms with Crippen molar-refractivity contribution < 1.29 is 14.9 Å². The van der Waals surface area contributed by atoms with Crippen LogP contribution in [0.25, 0.3) is 16.3 Å². The van der Waals surface area contributed by atoms with Crippen LogP contribution in [0.1, 0.15) is 51.0 Å². The Morgan fingerprint density at radius 1 is 1.11 bits per heavy atom. The third-order valence-corrected chi connectivity index (χ3v) is 11.8. The fourth-order valence-electron chi connectivity index (χ4n) is 10.00. The summed E-state index contributed by atoms with van der Waals surface area (Å²) < 4.78 is 7.45. The summed E-state index contributed by atoms with van der Waals surface area (Å²) in [6.45, 7) is 2.44. The summed E-state index contributed by atoms with van der Waals surface area (Å²) in [5, 5.41) is 24.8. The van der Waals surface area contributed by atoms with Gasteiger partial charge in [0.2, 0.25) is 0 Å². The quantitative estimate of drug-likeness (QED) is 0.543. The Kier molecular flexibility index (Phi) is 4.20. The number of nitrogens with two attached hydrogens (primary N) is 1. The predicted molar refractivity (Wildman–Crippen MR) is 143 cm³/mol. The van der Waals surface area contributed by atoms with Crippen LogP contribution in [0, 0.1) is 22.7 Å². The number of hydrogen-bond acceptors (Lipinski definition) is 6. The molecule has 2 saturated heterocycles. The molecule has 3 spiro atoms. The van der Waals surface area contributed by atoms with Gasteiger partial charge in [-0.25, -0.2) is 4.98 Å². The molecule has 194 valence electrons. The number of hydrogen-bond donors (Lipinski definition) is 3. The first-order valence-corrected chi connectivity index (χ1v) is 14.0. The van der Waals surface area contributed by atoms with Crippen molar-refractivity contribution in [3.05, 3.63) is 53.8 Å². The lowest BCUT2D eigenvalue weighted by Crippen LogP contribution is -2.67. The Morgan fingerprint density at radius 2 is 1.95 bits per heavy atom. The van der Waals surface area contributed by atoms with E-state index in [1.165, 1.54) is 16.7 Å². The highest BCUT2D eigenvalue weighted by Crippen LogP contribution is 2.81. The number of aliphatic hydroxyl groups is 2. The molecule has 6 aliphatic rings. The molecule has 3 unspecified atom stereocenters. The van der Waals surface area contributed by atoms with Crippen molar-refractivity contribution in [2.24, 2.45) is 22.7 Å². The van der Waals surface area contributed by atoms with Gasteiger partial charge < -0.3 is 25.6 Å². The van der Waals surface area contributed by atoms with Crippen molar-refractivity contribution in [2.45, 2.75) is 74.9 Å². The minimum Gasteiger partial charge on any atom is -0.390 e. The van der Waals surface area contributed by atoms with E-state index in [1.54, 1.807) is 6.20 Å². The first-order chi connectivity index (χ1) is 17.7. The molecule has 6 nitrogen and oxygen atoms in total. The van der Waals surface area contributed by atoms with Gasteiger partial charge in [0.25, 0.3) is 0 Å². The molecule has 6 heteroatoms. The summed E-state index contributed by atoms with van der Waals surface area (Å²) >= 11 is 0. The van der Waals surface area contributed by atoms with Gasteiger partial charge in [-0.2, -0.15) is 0 Å². The van der Waals surface area contributed by atoms with Gasteiger partial charge in [-0.3, -0.25) is 0 Å². The Bertz CT molecular complexity index is 1420. The predicted octanol–water partition coefficient (Wildman–Crippen LogP) is 3.92. The van der Waals surface area contributed by atoms with Gasteiger partial charge in [-0.15, -0.1) is 0 Å². The maximum absolute atomic E-state index is 11.5. The summed E-state index contributed by atoms with van der Waals surface area (Å²) in [6.07, 6.45) is 11.0. The topological polar surface area (TPSA) is 91.8 Å². The number of pyridine rings is 1. The molecule has 4 fully saturated rings. The van der Waals surface area contributed by atoms with Crippen LogP contribution in [0.15, 0.2) is 48.2 Å². The lowest BCUT2D eigenvalue weighted by atomic mass is 9.57. The average Bonchev–Trinajstić information content (AvgIpc) is 3.40. The number of nitrogen functional groups attached to an aromatic ring is 1. The smallest absolute Gasteiger partial charge is 0.131 e. The van der Waals surface area contributed by atoms with Crippen molar-refractivity contribution >= 4 is 22.2 Å². The molecule has 4 N–H and O–H groups in total. The molecule has 2 aliphatic heterocycles. The first-order valence-electron chi connectivity index (χ1n) is 14.0. The van der Waals surface area contributed by atoms with E-state index in [1.807, 2.05) is 20.2 Å². The SMILES string of the molecule is CN(C)[C@H]1C[C@@]23CC[C@@]4(O2)C(=CC[C@]2(C)C(c5ccc6c(N)nccc6c5)=CCC24)C2CC23[C@@H](O)[C@@H]1O. The Morgan fingerprint density at radius 3 is 2.76 bits per heavy atom. The second-order valence-electron chi connectivity index (χ2n) is 13.3. The summed E-state index contributed by atoms with van der Waals surface area (Å²) in [5.41, 5.74) is 9.31. The molecule has 37 heavy (non-hydrogen) atoms. The van der Waals surface area contributed by atoms with Crippen LogP contribution >= 0.6 is 0 Å². The molecule has 0 radical (unpaired) electrons.